The first-order valence-corrected chi connectivity index (χ1v) is 10.6. The SMILES string of the molecule is COc1ccc(C(NC(=O)[C@H](N)CC[C@H](N)C(=O)OCc2ccccc2)C2CC2)cc1.Cl. The van der Waals surface area contributed by atoms with Crippen molar-refractivity contribution < 1.29 is 19.1 Å². The van der Waals surface area contributed by atoms with Gasteiger partial charge in [-0.25, -0.2) is 0 Å². The lowest BCUT2D eigenvalue weighted by Crippen LogP contribution is -2.44. The number of hydrogen-bond donors (Lipinski definition) is 3. The molecule has 8 heteroatoms. The third kappa shape index (κ3) is 7.51. The molecule has 0 bridgehead atoms. The number of ether oxygens (including phenoxy) is 2. The highest BCUT2D eigenvalue weighted by Crippen LogP contribution is 2.41. The molecule has 0 aromatic heterocycles. The molecule has 1 aliphatic carbocycles. The Kier molecular flexibility index (Phi) is 9.97. The fourth-order valence-corrected chi connectivity index (χ4v) is 3.42. The van der Waals surface area contributed by atoms with Crippen LogP contribution in [-0.4, -0.2) is 31.1 Å². The van der Waals surface area contributed by atoms with Crippen LogP contribution in [0.1, 0.15) is 42.9 Å². The van der Waals surface area contributed by atoms with E-state index in [1.54, 1.807) is 7.11 Å². The molecular weight excluding hydrogens is 430 g/mol. The molecule has 3 rings (SSSR count). The number of hydrogen-bond acceptors (Lipinski definition) is 6. The quantitative estimate of drug-likeness (QED) is 0.443. The summed E-state index contributed by atoms with van der Waals surface area (Å²) in [6.07, 6.45) is 2.72. The maximum atomic E-state index is 12.7. The van der Waals surface area contributed by atoms with Crippen LogP contribution >= 0.6 is 12.4 Å². The first-order chi connectivity index (χ1) is 15.0. The average molecular weight is 462 g/mol. The Morgan fingerprint density at radius 2 is 1.62 bits per heavy atom. The number of esters is 1. The monoisotopic (exact) mass is 461 g/mol. The number of amides is 1. The van der Waals surface area contributed by atoms with E-state index in [1.165, 1.54) is 0 Å². The number of methoxy groups -OCH3 is 1. The lowest BCUT2D eigenvalue weighted by Gasteiger charge is -2.22. The van der Waals surface area contributed by atoms with Crippen molar-refractivity contribution in [2.24, 2.45) is 17.4 Å². The zero-order chi connectivity index (χ0) is 22.2. The predicted molar refractivity (Wildman–Crippen MR) is 125 cm³/mol. The molecule has 3 atom stereocenters. The highest BCUT2D eigenvalue weighted by Gasteiger charge is 2.34. The fraction of sp³-hybridized carbons (Fsp3) is 0.417. The van der Waals surface area contributed by atoms with Gasteiger partial charge in [0.25, 0.3) is 0 Å². The minimum atomic E-state index is -0.816. The number of halogens is 1. The second kappa shape index (κ2) is 12.4. The van der Waals surface area contributed by atoms with Gasteiger partial charge < -0.3 is 26.3 Å². The van der Waals surface area contributed by atoms with Crippen LogP contribution in [0.15, 0.2) is 54.6 Å². The Hall–Kier alpha value is -2.61. The molecule has 2 aromatic rings. The molecule has 1 saturated carbocycles. The molecule has 1 unspecified atom stereocenters. The van der Waals surface area contributed by atoms with E-state index in [0.717, 1.165) is 29.7 Å². The maximum absolute atomic E-state index is 12.7. The van der Waals surface area contributed by atoms with Crippen LogP contribution in [0, 0.1) is 5.92 Å². The second-order valence-electron chi connectivity index (χ2n) is 7.98. The Morgan fingerprint density at radius 3 is 2.22 bits per heavy atom. The smallest absolute Gasteiger partial charge is 0.323 e. The van der Waals surface area contributed by atoms with Crippen LogP contribution in [0.5, 0.6) is 5.75 Å². The van der Waals surface area contributed by atoms with E-state index < -0.39 is 18.1 Å². The molecule has 0 spiro atoms. The third-order valence-electron chi connectivity index (χ3n) is 5.52. The summed E-state index contributed by atoms with van der Waals surface area (Å²) in [6.45, 7) is 0.171. The summed E-state index contributed by atoms with van der Waals surface area (Å²) in [6, 6.07) is 15.5. The third-order valence-corrected chi connectivity index (χ3v) is 5.52. The number of carbonyl (C=O) groups excluding carboxylic acids is 2. The lowest BCUT2D eigenvalue weighted by atomic mass is 10.0. The zero-order valence-corrected chi connectivity index (χ0v) is 19.1. The molecular formula is C24H32ClN3O4. The van der Waals surface area contributed by atoms with Crippen LogP contribution in [0.4, 0.5) is 0 Å². The summed E-state index contributed by atoms with van der Waals surface area (Å²) in [4.78, 5) is 24.8. The van der Waals surface area contributed by atoms with Crippen LogP contribution in [0.25, 0.3) is 0 Å². The van der Waals surface area contributed by atoms with Crippen molar-refractivity contribution in [1.29, 1.82) is 0 Å². The number of nitrogens with one attached hydrogen (secondary N) is 1. The number of rotatable bonds is 11. The van der Waals surface area contributed by atoms with Crippen LogP contribution < -0.4 is 21.5 Å². The fourth-order valence-electron chi connectivity index (χ4n) is 3.42. The minimum Gasteiger partial charge on any atom is -0.497 e. The van der Waals surface area contributed by atoms with E-state index in [1.807, 2.05) is 54.6 Å². The van der Waals surface area contributed by atoms with Gasteiger partial charge in [0, 0.05) is 0 Å². The van der Waals surface area contributed by atoms with Gasteiger partial charge in [-0.05, 0) is 54.9 Å². The summed E-state index contributed by atoms with van der Waals surface area (Å²) in [5, 5.41) is 3.07. The second-order valence-corrected chi connectivity index (χ2v) is 7.98. The van der Waals surface area contributed by atoms with Crippen LogP contribution in [0.2, 0.25) is 0 Å². The minimum absolute atomic E-state index is 0. The van der Waals surface area contributed by atoms with E-state index in [4.69, 9.17) is 20.9 Å². The molecule has 1 amide bonds. The van der Waals surface area contributed by atoms with Gasteiger partial charge in [0.15, 0.2) is 0 Å². The topological polar surface area (TPSA) is 117 Å². The normalized spacial score (nSPS) is 15.6. The standard InChI is InChI=1S/C24H31N3O4.ClH/c1-30-19-11-9-18(10-12-19)22(17-7-8-17)27-23(28)20(25)13-14-21(26)24(29)31-15-16-5-3-2-4-6-16;/h2-6,9-12,17,20-22H,7-8,13-15,25-26H2,1H3,(H,27,28);1H/t20-,21+,22?;/m1./s1. The summed E-state index contributed by atoms with van der Waals surface area (Å²) < 4.78 is 10.5. The van der Waals surface area contributed by atoms with Crippen molar-refractivity contribution in [3.63, 3.8) is 0 Å². The zero-order valence-electron chi connectivity index (χ0n) is 18.2. The molecule has 7 nitrogen and oxygen atoms in total. The summed E-state index contributed by atoms with van der Waals surface area (Å²) in [5.41, 5.74) is 13.9. The number of benzene rings is 2. The maximum Gasteiger partial charge on any atom is 0.323 e. The van der Waals surface area contributed by atoms with Crippen molar-refractivity contribution >= 4 is 24.3 Å². The molecule has 2 aromatic carbocycles. The van der Waals surface area contributed by atoms with E-state index in [-0.39, 0.29) is 37.4 Å². The van der Waals surface area contributed by atoms with Crippen molar-refractivity contribution in [3.8, 4) is 5.75 Å². The largest absolute Gasteiger partial charge is 0.497 e. The average Bonchev–Trinajstić information content (AvgIpc) is 3.65. The lowest BCUT2D eigenvalue weighted by molar-refractivity contribution is -0.146. The molecule has 0 radical (unpaired) electrons. The highest BCUT2D eigenvalue weighted by atomic mass is 35.5. The van der Waals surface area contributed by atoms with Gasteiger partial charge in [0.2, 0.25) is 5.91 Å². The van der Waals surface area contributed by atoms with Crippen molar-refractivity contribution in [1.82, 2.24) is 5.32 Å². The molecule has 0 heterocycles. The van der Waals surface area contributed by atoms with Crippen LogP contribution in [0.3, 0.4) is 0 Å². The Morgan fingerprint density at radius 1 is 1.00 bits per heavy atom. The first kappa shape index (κ1) is 25.6. The Bertz CT molecular complexity index is 859. The van der Waals surface area contributed by atoms with Gasteiger partial charge in [0.05, 0.1) is 19.2 Å². The van der Waals surface area contributed by atoms with Crippen molar-refractivity contribution in [2.75, 3.05) is 7.11 Å². The molecule has 5 N–H and O–H groups in total. The van der Waals surface area contributed by atoms with E-state index in [0.29, 0.717) is 12.3 Å². The highest BCUT2D eigenvalue weighted by molar-refractivity contribution is 5.85. The molecule has 174 valence electrons. The van der Waals surface area contributed by atoms with Crippen LogP contribution in [-0.2, 0) is 20.9 Å². The van der Waals surface area contributed by atoms with Crippen molar-refractivity contribution in [3.05, 3.63) is 65.7 Å². The van der Waals surface area contributed by atoms with Gasteiger partial charge in [-0.1, -0.05) is 42.5 Å². The summed E-state index contributed by atoms with van der Waals surface area (Å²) in [5.74, 6) is 0.456. The predicted octanol–water partition coefficient (Wildman–Crippen LogP) is 2.86. The van der Waals surface area contributed by atoms with Gasteiger partial charge in [0.1, 0.15) is 18.4 Å². The molecule has 0 saturated heterocycles. The van der Waals surface area contributed by atoms with Crippen molar-refractivity contribution in [2.45, 2.75) is 50.4 Å². The van der Waals surface area contributed by atoms with E-state index in [9.17, 15) is 9.59 Å². The number of carbonyl (C=O) groups is 2. The molecule has 32 heavy (non-hydrogen) atoms. The number of nitrogens with two attached hydrogens (primary N) is 2. The molecule has 1 aliphatic rings. The molecule has 0 aliphatic heterocycles. The Balaban J connectivity index is 0.00000363. The van der Waals surface area contributed by atoms with E-state index >= 15 is 0 Å². The van der Waals surface area contributed by atoms with Gasteiger partial charge >= 0.3 is 5.97 Å². The molecule has 1 fully saturated rings. The first-order valence-electron chi connectivity index (χ1n) is 10.6. The van der Waals surface area contributed by atoms with Gasteiger partial charge in [-0.2, -0.15) is 0 Å². The van der Waals surface area contributed by atoms with Gasteiger partial charge in [-0.15, -0.1) is 12.4 Å². The van der Waals surface area contributed by atoms with E-state index in [2.05, 4.69) is 5.32 Å². The Labute approximate surface area is 195 Å². The van der Waals surface area contributed by atoms with Gasteiger partial charge in [-0.3, -0.25) is 9.59 Å². The summed E-state index contributed by atoms with van der Waals surface area (Å²) in [7, 11) is 1.62. The summed E-state index contributed by atoms with van der Waals surface area (Å²) >= 11 is 0.